The molecule has 3 rings (SSSR count). The summed E-state index contributed by atoms with van der Waals surface area (Å²) < 4.78 is 0. The van der Waals surface area contributed by atoms with Gasteiger partial charge in [-0.05, 0) is 12.5 Å². The van der Waals surface area contributed by atoms with Gasteiger partial charge in [-0.25, -0.2) is 4.98 Å². The van der Waals surface area contributed by atoms with Crippen LogP contribution in [0.25, 0.3) is 0 Å². The van der Waals surface area contributed by atoms with Crippen molar-refractivity contribution in [1.29, 1.82) is 0 Å². The van der Waals surface area contributed by atoms with E-state index in [1.165, 1.54) is 11.3 Å². The molecule has 1 aromatic heterocycles. The Morgan fingerprint density at radius 2 is 2.00 bits per heavy atom. The molecular formula is C16H17N3O2S. The number of hydrogen-bond acceptors (Lipinski definition) is 4. The van der Waals surface area contributed by atoms with Crippen LogP contribution in [0.5, 0.6) is 0 Å². The second kappa shape index (κ2) is 6.27. The van der Waals surface area contributed by atoms with Crippen molar-refractivity contribution in [2.75, 3.05) is 6.54 Å². The number of nitrogens with zero attached hydrogens (tertiary/aromatic N) is 3. The van der Waals surface area contributed by atoms with Crippen molar-refractivity contribution >= 4 is 23.2 Å². The first-order chi connectivity index (χ1) is 10.6. The highest BCUT2D eigenvalue weighted by molar-refractivity contribution is 7.07. The van der Waals surface area contributed by atoms with E-state index in [-0.39, 0.29) is 18.4 Å². The molecule has 0 unspecified atom stereocenters. The molecule has 1 aromatic carbocycles. The van der Waals surface area contributed by atoms with Crippen molar-refractivity contribution in [1.82, 2.24) is 14.8 Å². The highest BCUT2D eigenvalue weighted by Gasteiger charge is 2.36. The molecule has 0 bridgehead atoms. The lowest BCUT2D eigenvalue weighted by Gasteiger charge is -2.38. The van der Waals surface area contributed by atoms with Crippen molar-refractivity contribution in [2.24, 2.45) is 0 Å². The van der Waals surface area contributed by atoms with Gasteiger partial charge in [0.15, 0.2) is 0 Å². The fraction of sp³-hybridized carbons (Fsp3) is 0.312. The molecule has 2 aromatic rings. The largest absolute Gasteiger partial charge is 0.327 e. The Bertz CT molecular complexity index is 657. The van der Waals surface area contributed by atoms with E-state index in [9.17, 15) is 9.59 Å². The van der Waals surface area contributed by atoms with Gasteiger partial charge in [0.2, 0.25) is 11.8 Å². The Morgan fingerprint density at radius 3 is 2.68 bits per heavy atom. The third-order valence-electron chi connectivity index (χ3n) is 3.82. The van der Waals surface area contributed by atoms with Crippen LogP contribution in [0.15, 0.2) is 41.2 Å². The highest BCUT2D eigenvalue weighted by atomic mass is 32.1. The second-order valence-corrected chi connectivity index (χ2v) is 6.08. The van der Waals surface area contributed by atoms with Crippen LogP contribution in [0.1, 0.15) is 18.2 Å². The summed E-state index contributed by atoms with van der Waals surface area (Å²) in [6.45, 7) is 2.78. The summed E-state index contributed by atoms with van der Waals surface area (Å²) in [6, 6.07) is 9.28. The first-order valence-electron chi connectivity index (χ1n) is 7.14. The molecule has 0 saturated carbocycles. The van der Waals surface area contributed by atoms with Crippen LogP contribution < -0.4 is 0 Å². The Labute approximate surface area is 133 Å². The van der Waals surface area contributed by atoms with Crippen molar-refractivity contribution in [3.8, 4) is 0 Å². The predicted octanol–water partition coefficient (Wildman–Crippen LogP) is 1.90. The van der Waals surface area contributed by atoms with Crippen LogP contribution in [-0.2, 0) is 22.7 Å². The quantitative estimate of drug-likeness (QED) is 0.866. The van der Waals surface area contributed by atoms with E-state index in [2.05, 4.69) is 4.98 Å². The first-order valence-corrected chi connectivity index (χ1v) is 8.08. The number of carbonyl (C=O) groups excluding carboxylic acids is 2. The smallest absolute Gasteiger partial charge is 0.245 e. The number of benzene rings is 1. The van der Waals surface area contributed by atoms with Crippen LogP contribution in [0.4, 0.5) is 0 Å². The Kier molecular flexibility index (Phi) is 4.20. The number of aromatic nitrogens is 1. The molecule has 0 radical (unpaired) electrons. The molecule has 1 aliphatic heterocycles. The van der Waals surface area contributed by atoms with E-state index in [1.807, 2.05) is 35.7 Å². The molecule has 2 amide bonds. The molecule has 1 saturated heterocycles. The van der Waals surface area contributed by atoms with Crippen LogP contribution in [0.3, 0.4) is 0 Å². The molecule has 0 aliphatic carbocycles. The summed E-state index contributed by atoms with van der Waals surface area (Å²) in [4.78, 5) is 32.3. The fourth-order valence-corrected chi connectivity index (χ4v) is 3.15. The van der Waals surface area contributed by atoms with Crippen molar-refractivity contribution < 1.29 is 9.59 Å². The molecule has 114 valence electrons. The molecule has 6 heteroatoms. The summed E-state index contributed by atoms with van der Waals surface area (Å²) in [5.41, 5.74) is 3.59. The first kappa shape index (κ1) is 14.7. The third kappa shape index (κ3) is 3.01. The number of hydrogen-bond donors (Lipinski definition) is 0. The molecule has 1 atom stereocenters. The zero-order valence-corrected chi connectivity index (χ0v) is 13.1. The number of piperazine rings is 1. The summed E-state index contributed by atoms with van der Waals surface area (Å²) >= 11 is 1.49. The Morgan fingerprint density at radius 1 is 1.23 bits per heavy atom. The van der Waals surface area contributed by atoms with Crippen molar-refractivity contribution in [2.45, 2.75) is 26.1 Å². The zero-order valence-electron chi connectivity index (χ0n) is 12.3. The lowest BCUT2D eigenvalue weighted by atomic mass is 10.1. The van der Waals surface area contributed by atoms with Crippen LogP contribution in [0.2, 0.25) is 0 Å². The van der Waals surface area contributed by atoms with Crippen LogP contribution >= 0.6 is 11.3 Å². The minimum Gasteiger partial charge on any atom is -0.327 e. The van der Waals surface area contributed by atoms with E-state index in [0.29, 0.717) is 13.1 Å². The second-order valence-electron chi connectivity index (χ2n) is 5.36. The number of rotatable bonds is 4. The minimum atomic E-state index is -0.452. The molecule has 1 aliphatic rings. The summed E-state index contributed by atoms with van der Waals surface area (Å²) in [5.74, 6) is -0.0466. The zero-order chi connectivity index (χ0) is 15.5. The maximum Gasteiger partial charge on any atom is 0.245 e. The van der Waals surface area contributed by atoms with E-state index in [0.717, 1.165) is 11.3 Å². The van der Waals surface area contributed by atoms with Crippen molar-refractivity contribution in [3.05, 3.63) is 52.5 Å². The van der Waals surface area contributed by atoms with E-state index >= 15 is 0 Å². The van der Waals surface area contributed by atoms with Gasteiger partial charge in [0.25, 0.3) is 0 Å². The minimum absolute atomic E-state index is 0.0151. The Hall–Kier alpha value is -2.21. The van der Waals surface area contributed by atoms with Gasteiger partial charge in [-0.15, -0.1) is 11.3 Å². The topological polar surface area (TPSA) is 53.5 Å². The predicted molar refractivity (Wildman–Crippen MR) is 84.0 cm³/mol. The molecular weight excluding hydrogens is 298 g/mol. The van der Waals surface area contributed by atoms with Crippen LogP contribution in [0, 0.1) is 0 Å². The molecule has 0 spiro atoms. The lowest BCUT2D eigenvalue weighted by molar-refractivity contribution is -0.156. The maximum absolute atomic E-state index is 12.5. The fourth-order valence-electron chi connectivity index (χ4n) is 2.60. The van der Waals surface area contributed by atoms with Gasteiger partial charge in [0.05, 0.1) is 17.7 Å². The average Bonchev–Trinajstić information content (AvgIpc) is 3.03. The molecule has 1 fully saturated rings. The normalized spacial score (nSPS) is 18.9. The van der Waals surface area contributed by atoms with E-state index in [1.54, 1.807) is 22.2 Å². The van der Waals surface area contributed by atoms with Gasteiger partial charge in [0, 0.05) is 11.9 Å². The van der Waals surface area contributed by atoms with E-state index < -0.39 is 6.04 Å². The monoisotopic (exact) mass is 315 g/mol. The number of amides is 2. The summed E-state index contributed by atoms with van der Waals surface area (Å²) in [5, 5.41) is 1.90. The number of thiazole rings is 1. The summed E-state index contributed by atoms with van der Waals surface area (Å²) in [6.07, 6.45) is 0. The van der Waals surface area contributed by atoms with Gasteiger partial charge in [-0.2, -0.15) is 0 Å². The molecule has 5 nitrogen and oxygen atoms in total. The van der Waals surface area contributed by atoms with Gasteiger partial charge < -0.3 is 9.80 Å². The maximum atomic E-state index is 12.5. The third-order valence-corrected chi connectivity index (χ3v) is 4.45. The van der Waals surface area contributed by atoms with Crippen LogP contribution in [-0.4, -0.2) is 39.2 Å². The standard InChI is InChI=1S/C16H17N3O2S/c1-12-16(21)18(7-13-5-3-2-4-6-13)9-15(20)19(12)8-14-10-22-11-17-14/h2-6,10-12H,7-9H2,1H3/t12-/m0/s1. The average molecular weight is 315 g/mol. The molecule has 0 N–H and O–H groups in total. The van der Waals surface area contributed by atoms with Gasteiger partial charge >= 0.3 is 0 Å². The van der Waals surface area contributed by atoms with Gasteiger partial charge in [-0.3, -0.25) is 9.59 Å². The van der Waals surface area contributed by atoms with E-state index in [4.69, 9.17) is 0 Å². The van der Waals surface area contributed by atoms with Crippen molar-refractivity contribution in [3.63, 3.8) is 0 Å². The summed E-state index contributed by atoms with van der Waals surface area (Å²) in [7, 11) is 0. The lowest BCUT2D eigenvalue weighted by Crippen LogP contribution is -2.58. The molecule has 22 heavy (non-hydrogen) atoms. The SMILES string of the molecule is C[C@H]1C(=O)N(Cc2ccccc2)CC(=O)N1Cc1cscn1. The van der Waals surface area contributed by atoms with Gasteiger partial charge in [0.1, 0.15) is 12.6 Å². The van der Waals surface area contributed by atoms with Gasteiger partial charge in [-0.1, -0.05) is 30.3 Å². The Balaban J connectivity index is 1.71. The number of carbonyl (C=O) groups is 2. The highest BCUT2D eigenvalue weighted by Crippen LogP contribution is 2.18. The molecule has 2 heterocycles.